The number of aromatic nitrogens is 4. The summed E-state index contributed by atoms with van der Waals surface area (Å²) in [5, 5.41) is 11.0. The molecule has 0 unspecified atom stereocenters. The summed E-state index contributed by atoms with van der Waals surface area (Å²) < 4.78 is 40.5. The second kappa shape index (κ2) is 8.64. The lowest BCUT2D eigenvalue weighted by molar-refractivity contribution is -0.274. The number of hydrogen-bond donors (Lipinski definition) is 2. The van der Waals surface area contributed by atoms with Crippen molar-refractivity contribution in [3.8, 4) is 5.75 Å². The van der Waals surface area contributed by atoms with Crippen LogP contribution in [0.3, 0.4) is 0 Å². The van der Waals surface area contributed by atoms with Gasteiger partial charge in [0, 0.05) is 17.0 Å². The Labute approximate surface area is 178 Å². The molecule has 0 fully saturated rings. The molecule has 7 nitrogen and oxygen atoms in total. The maximum atomic E-state index is 12.5. The first-order chi connectivity index (χ1) is 14.9. The second-order valence-electron chi connectivity index (χ2n) is 6.33. The molecule has 0 aliphatic rings. The Balaban J connectivity index is 1.40. The molecule has 0 spiro atoms. The average molecular weight is 445 g/mol. The molecule has 2 aromatic heterocycles. The van der Waals surface area contributed by atoms with E-state index in [1.165, 1.54) is 30.2 Å². The van der Waals surface area contributed by atoms with Crippen molar-refractivity contribution >= 4 is 34.4 Å². The van der Waals surface area contributed by atoms with E-state index in [2.05, 4.69) is 30.2 Å². The predicted molar refractivity (Wildman–Crippen MR) is 109 cm³/mol. The first kappa shape index (κ1) is 20.7. The van der Waals surface area contributed by atoms with Gasteiger partial charge in [0.2, 0.25) is 0 Å². The third kappa shape index (κ3) is 5.31. The van der Waals surface area contributed by atoms with E-state index in [-0.39, 0.29) is 11.7 Å². The minimum absolute atomic E-state index is 0.350. The number of alkyl halides is 3. The Bertz CT molecular complexity index is 1210. The SMILES string of the molecule is O=C(Nc1ccc(OC(F)(F)F)cc1)c1cccc(CSc2ncnc3[nH]ncc23)c1. The lowest BCUT2D eigenvalue weighted by Gasteiger charge is -2.10. The highest BCUT2D eigenvalue weighted by Gasteiger charge is 2.30. The lowest BCUT2D eigenvalue weighted by atomic mass is 10.1. The predicted octanol–water partition coefficient (Wildman–Crippen LogP) is 4.80. The number of thioether (sulfide) groups is 1. The summed E-state index contributed by atoms with van der Waals surface area (Å²) in [5.41, 5.74) is 2.33. The first-order valence-corrected chi connectivity index (χ1v) is 9.89. The van der Waals surface area contributed by atoms with E-state index in [9.17, 15) is 18.0 Å². The summed E-state index contributed by atoms with van der Waals surface area (Å²) in [6.45, 7) is 0. The maximum Gasteiger partial charge on any atom is 0.573 e. The van der Waals surface area contributed by atoms with Crippen LogP contribution in [0.2, 0.25) is 0 Å². The van der Waals surface area contributed by atoms with Crippen molar-refractivity contribution in [2.45, 2.75) is 17.1 Å². The largest absolute Gasteiger partial charge is 0.573 e. The number of nitrogens with one attached hydrogen (secondary N) is 2. The molecule has 0 atom stereocenters. The van der Waals surface area contributed by atoms with Gasteiger partial charge in [0.1, 0.15) is 17.1 Å². The number of fused-ring (bicyclic) bond motifs is 1. The molecule has 0 bridgehead atoms. The van der Waals surface area contributed by atoms with Crippen molar-refractivity contribution in [2.24, 2.45) is 0 Å². The highest BCUT2D eigenvalue weighted by atomic mass is 32.2. The quantitative estimate of drug-likeness (QED) is 0.327. The van der Waals surface area contributed by atoms with Crippen molar-refractivity contribution in [2.75, 3.05) is 5.32 Å². The number of hydrogen-bond acceptors (Lipinski definition) is 6. The molecule has 4 aromatic rings. The summed E-state index contributed by atoms with van der Waals surface area (Å²) in [7, 11) is 0. The van der Waals surface area contributed by atoms with Gasteiger partial charge in [0.25, 0.3) is 5.91 Å². The first-order valence-electron chi connectivity index (χ1n) is 8.90. The maximum absolute atomic E-state index is 12.5. The van der Waals surface area contributed by atoms with Gasteiger partial charge < -0.3 is 10.1 Å². The molecule has 2 N–H and O–H groups in total. The van der Waals surface area contributed by atoms with Gasteiger partial charge in [-0.1, -0.05) is 12.1 Å². The molecule has 11 heteroatoms. The summed E-state index contributed by atoms with van der Waals surface area (Å²) >= 11 is 1.49. The molecule has 0 aliphatic carbocycles. The Hall–Kier alpha value is -3.60. The van der Waals surface area contributed by atoms with Gasteiger partial charge in [-0.05, 0) is 42.0 Å². The topological polar surface area (TPSA) is 92.8 Å². The van der Waals surface area contributed by atoms with Crippen LogP contribution in [0.25, 0.3) is 11.0 Å². The smallest absolute Gasteiger partial charge is 0.406 e. The number of amides is 1. The number of H-pyrrole nitrogens is 1. The molecule has 0 saturated carbocycles. The summed E-state index contributed by atoms with van der Waals surface area (Å²) in [6.07, 6.45) is -1.65. The number of rotatable bonds is 6. The number of benzene rings is 2. The minimum Gasteiger partial charge on any atom is -0.406 e. The van der Waals surface area contributed by atoms with Crippen molar-refractivity contribution < 1.29 is 22.7 Å². The van der Waals surface area contributed by atoms with Gasteiger partial charge in [0.05, 0.1) is 11.6 Å². The van der Waals surface area contributed by atoms with Crippen LogP contribution in [0.5, 0.6) is 5.75 Å². The number of aromatic amines is 1. The highest BCUT2D eigenvalue weighted by molar-refractivity contribution is 7.98. The Kier molecular flexibility index (Phi) is 5.76. The molecule has 0 aliphatic heterocycles. The monoisotopic (exact) mass is 445 g/mol. The van der Waals surface area contributed by atoms with Crippen LogP contribution < -0.4 is 10.1 Å². The van der Waals surface area contributed by atoms with E-state index in [4.69, 9.17) is 0 Å². The van der Waals surface area contributed by atoms with Crippen LogP contribution in [0.4, 0.5) is 18.9 Å². The molecule has 31 heavy (non-hydrogen) atoms. The van der Waals surface area contributed by atoms with Crippen LogP contribution >= 0.6 is 11.8 Å². The van der Waals surface area contributed by atoms with E-state index >= 15 is 0 Å². The van der Waals surface area contributed by atoms with Crippen molar-refractivity contribution in [1.82, 2.24) is 20.2 Å². The number of anilines is 1. The van der Waals surface area contributed by atoms with Gasteiger partial charge in [-0.3, -0.25) is 9.89 Å². The molecule has 2 aromatic carbocycles. The van der Waals surface area contributed by atoms with Crippen LogP contribution in [0, 0.1) is 0 Å². The van der Waals surface area contributed by atoms with Crippen molar-refractivity contribution in [3.05, 3.63) is 72.2 Å². The van der Waals surface area contributed by atoms with Crippen molar-refractivity contribution in [3.63, 3.8) is 0 Å². The fourth-order valence-corrected chi connectivity index (χ4v) is 3.66. The number of carbonyl (C=O) groups is 1. The van der Waals surface area contributed by atoms with Crippen LogP contribution in [0.15, 0.2) is 66.1 Å². The molecule has 4 rings (SSSR count). The fraction of sp³-hybridized carbons (Fsp3) is 0.100. The van der Waals surface area contributed by atoms with E-state index in [0.717, 1.165) is 28.1 Å². The number of carbonyl (C=O) groups excluding carboxylic acids is 1. The Morgan fingerprint density at radius 1 is 1.13 bits per heavy atom. The van der Waals surface area contributed by atoms with Gasteiger partial charge in [-0.2, -0.15) is 5.10 Å². The number of halogens is 3. The lowest BCUT2D eigenvalue weighted by Crippen LogP contribution is -2.17. The molecular formula is C20H14F3N5O2S. The molecule has 1 amide bonds. The van der Waals surface area contributed by atoms with E-state index in [1.54, 1.807) is 24.4 Å². The second-order valence-corrected chi connectivity index (χ2v) is 7.29. The average Bonchev–Trinajstić information content (AvgIpc) is 3.22. The summed E-state index contributed by atoms with van der Waals surface area (Å²) in [6, 6.07) is 12.0. The number of nitrogens with zero attached hydrogens (tertiary/aromatic N) is 3. The van der Waals surface area contributed by atoms with Gasteiger partial charge in [-0.25, -0.2) is 9.97 Å². The van der Waals surface area contributed by atoms with E-state index in [1.807, 2.05) is 6.07 Å². The van der Waals surface area contributed by atoms with Gasteiger partial charge >= 0.3 is 6.36 Å². The third-order valence-electron chi connectivity index (χ3n) is 4.12. The zero-order chi connectivity index (χ0) is 21.8. The molecule has 0 saturated heterocycles. The zero-order valence-corrected chi connectivity index (χ0v) is 16.5. The highest BCUT2D eigenvalue weighted by Crippen LogP contribution is 2.27. The van der Waals surface area contributed by atoms with Gasteiger partial charge in [-0.15, -0.1) is 24.9 Å². The Morgan fingerprint density at radius 3 is 2.71 bits per heavy atom. The van der Waals surface area contributed by atoms with Crippen LogP contribution in [0.1, 0.15) is 15.9 Å². The third-order valence-corrected chi connectivity index (χ3v) is 5.20. The fourth-order valence-electron chi connectivity index (χ4n) is 2.76. The molecule has 158 valence electrons. The molecule has 0 radical (unpaired) electrons. The minimum atomic E-state index is -4.77. The standard InChI is InChI=1S/C20H14F3N5O2S/c21-20(22,23)30-15-6-4-14(5-7-15)27-18(29)13-3-1-2-12(8-13)10-31-19-16-9-26-28-17(16)24-11-25-19/h1-9,11H,10H2,(H,27,29)(H,24,25,26,28). The Morgan fingerprint density at radius 2 is 1.94 bits per heavy atom. The zero-order valence-electron chi connectivity index (χ0n) is 15.7. The van der Waals surface area contributed by atoms with Crippen LogP contribution in [-0.2, 0) is 5.75 Å². The number of ether oxygens (including phenoxy) is 1. The van der Waals surface area contributed by atoms with Crippen molar-refractivity contribution in [1.29, 1.82) is 0 Å². The summed E-state index contributed by atoms with van der Waals surface area (Å²) in [4.78, 5) is 20.9. The van der Waals surface area contributed by atoms with Crippen LogP contribution in [-0.4, -0.2) is 32.4 Å². The van der Waals surface area contributed by atoms with Gasteiger partial charge in [0.15, 0.2) is 5.65 Å². The normalized spacial score (nSPS) is 11.5. The molecule has 2 heterocycles. The van der Waals surface area contributed by atoms with E-state index < -0.39 is 6.36 Å². The molecular weight excluding hydrogens is 431 g/mol. The van der Waals surface area contributed by atoms with E-state index in [0.29, 0.717) is 22.7 Å². The summed E-state index contributed by atoms with van der Waals surface area (Å²) in [5.74, 6) is -0.168.